The Morgan fingerprint density at radius 1 is 1.39 bits per heavy atom. The van der Waals surface area contributed by atoms with Crippen LogP contribution in [0, 0.1) is 34.5 Å². The second kappa shape index (κ2) is 5.49. The van der Waals surface area contributed by atoms with E-state index in [4.69, 9.17) is 19.6 Å². The highest BCUT2D eigenvalue weighted by Crippen LogP contribution is 2.58. The van der Waals surface area contributed by atoms with Gasteiger partial charge in [-0.15, -0.1) is 0 Å². The van der Waals surface area contributed by atoms with Crippen LogP contribution in [0.15, 0.2) is 0 Å². The Morgan fingerprint density at radius 2 is 2.09 bits per heavy atom. The van der Waals surface area contributed by atoms with Gasteiger partial charge in [0.25, 0.3) is 0 Å². The van der Waals surface area contributed by atoms with E-state index >= 15 is 0 Å². The summed E-state index contributed by atoms with van der Waals surface area (Å²) in [6, 6.07) is 0. The van der Waals surface area contributed by atoms with Crippen LogP contribution in [0.3, 0.4) is 0 Å². The van der Waals surface area contributed by atoms with Crippen LogP contribution in [-0.2, 0) is 23.8 Å². The van der Waals surface area contributed by atoms with Crippen molar-refractivity contribution in [2.45, 2.75) is 52.7 Å². The Morgan fingerprint density at radius 3 is 2.74 bits per heavy atom. The zero-order valence-electron chi connectivity index (χ0n) is 14.1. The Kier molecular flexibility index (Phi) is 3.89. The van der Waals surface area contributed by atoms with Gasteiger partial charge in [-0.25, -0.2) is 4.79 Å². The van der Waals surface area contributed by atoms with Gasteiger partial charge in [-0.3, -0.25) is 10.2 Å². The SMILES string of the molecule is CCC(C)(C)C(=O)OCC(=O)OC1C2CC3C(=N)OC1C3C2C. The maximum absolute atomic E-state index is 12.0. The van der Waals surface area contributed by atoms with Gasteiger partial charge < -0.3 is 14.2 Å². The number of rotatable bonds is 5. The fourth-order valence-electron chi connectivity index (χ4n) is 4.21. The summed E-state index contributed by atoms with van der Waals surface area (Å²) in [7, 11) is 0. The largest absolute Gasteiger partial charge is 0.473 e. The van der Waals surface area contributed by atoms with Crippen LogP contribution in [0.2, 0.25) is 0 Å². The molecule has 1 saturated heterocycles. The van der Waals surface area contributed by atoms with Crippen molar-refractivity contribution in [3.8, 4) is 0 Å². The Labute approximate surface area is 136 Å². The summed E-state index contributed by atoms with van der Waals surface area (Å²) in [5.74, 6) is 0.525. The van der Waals surface area contributed by atoms with Crippen LogP contribution in [0.1, 0.15) is 40.5 Å². The van der Waals surface area contributed by atoms with Crippen LogP contribution in [-0.4, -0.2) is 36.7 Å². The van der Waals surface area contributed by atoms with Crippen LogP contribution >= 0.6 is 0 Å². The van der Waals surface area contributed by atoms with Crippen LogP contribution < -0.4 is 0 Å². The van der Waals surface area contributed by atoms with E-state index in [1.807, 2.05) is 6.92 Å². The first-order valence-electron chi connectivity index (χ1n) is 8.38. The van der Waals surface area contributed by atoms with Gasteiger partial charge >= 0.3 is 11.9 Å². The van der Waals surface area contributed by atoms with E-state index in [1.165, 1.54) is 0 Å². The Balaban J connectivity index is 1.56. The lowest BCUT2D eigenvalue weighted by molar-refractivity contribution is -0.171. The number of esters is 2. The Bertz CT molecular complexity index is 543. The predicted octanol–water partition coefficient (Wildman–Crippen LogP) is 2.16. The van der Waals surface area contributed by atoms with E-state index in [0.29, 0.717) is 18.2 Å². The van der Waals surface area contributed by atoms with Gasteiger partial charge in [-0.05, 0) is 32.6 Å². The third kappa shape index (κ3) is 2.52. The molecule has 6 heteroatoms. The highest BCUT2D eigenvalue weighted by atomic mass is 16.6. The molecule has 6 atom stereocenters. The standard InChI is InChI=1S/C17H25NO5/c1-5-17(3,4)16(20)21-7-11(19)22-13-9-6-10-12(8(9)2)14(13)23-15(10)18/h8-10,12-14,18H,5-7H2,1-4H3. The van der Waals surface area contributed by atoms with Gasteiger partial charge in [0.1, 0.15) is 12.2 Å². The lowest BCUT2D eigenvalue weighted by Crippen LogP contribution is -2.37. The number of hydrogen-bond acceptors (Lipinski definition) is 6. The average Bonchev–Trinajstić information content (AvgIpc) is 3.05. The van der Waals surface area contributed by atoms with Crippen molar-refractivity contribution in [2.24, 2.45) is 29.1 Å². The smallest absolute Gasteiger partial charge is 0.344 e. The second-order valence-electron chi connectivity index (χ2n) is 7.66. The van der Waals surface area contributed by atoms with Crippen molar-refractivity contribution in [2.75, 3.05) is 6.61 Å². The number of nitrogens with one attached hydrogen (secondary N) is 1. The minimum atomic E-state index is -0.599. The molecule has 0 aromatic heterocycles. The quantitative estimate of drug-likeness (QED) is 0.784. The molecule has 23 heavy (non-hydrogen) atoms. The van der Waals surface area contributed by atoms with Gasteiger partial charge in [0, 0.05) is 17.8 Å². The minimum Gasteiger partial charge on any atom is -0.473 e. The third-order valence-corrected chi connectivity index (χ3v) is 6.02. The lowest BCUT2D eigenvalue weighted by atomic mass is 9.87. The molecule has 1 aliphatic heterocycles. The zero-order valence-corrected chi connectivity index (χ0v) is 14.1. The monoisotopic (exact) mass is 323 g/mol. The van der Waals surface area contributed by atoms with Crippen molar-refractivity contribution in [1.29, 1.82) is 5.41 Å². The molecule has 2 aliphatic carbocycles. The molecule has 3 rings (SSSR count). The van der Waals surface area contributed by atoms with Crippen LogP contribution in [0.25, 0.3) is 0 Å². The summed E-state index contributed by atoms with van der Waals surface area (Å²) >= 11 is 0. The summed E-state index contributed by atoms with van der Waals surface area (Å²) in [5.41, 5.74) is -0.599. The van der Waals surface area contributed by atoms with E-state index in [9.17, 15) is 9.59 Å². The van der Waals surface area contributed by atoms with Gasteiger partial charge in [0.15, 0.2) is 12.5 Å². The number of carbonyl (C=O) groups is 2. The molecule has 2 bridgehead atoms. The third-order valence-electron chi connectivity index (χ3n) is 6.02. The predicted molar refractivity (Wildman–Crippen MR) is 81.8 cm³/mol. The first kappa shape index (κ1) is 16.3. The van der Waals surface area contributed by atoms with E-state index in [2.05, 4.69) is 6.92 Å². The van der Waals surface area contributed by atoms with E-state index in [0.717, 1.165) is 6.42 Å². The topological polar surface area (TPSA) is 85.7 Å². The number of fused-ring (bicyclic) bond motifs is 1. The summed E-state index contributed by atoms with van der Waals surface area (Å²) in [5, 5.41) is 7.89. The molecule has 6 unspecified atom stereocenters. The maximum atomic E-state index is 12.0. The minimum absolute atomic E-state index is 0.193. The molecule has 2 saturated carbocycles. The number of carbonyl (C=O) groups excluding carboxylic acids is 2. The average molecular weight is 323 g/mol. The van der Waals surface area contributed by atoms with Gasteiger partial charge in [-0.2, -0.15) is 0 Å². The first-order valence-corrected chi connectivity index (χ1v) is 8.38. The number of hydrogen-bond donors (Lipinski definition) is 1. The lowest BCUT2D eigenvalue weighted by Gasteiger charge is -2.26. The molecule has 0 amide bonds. The van der Waals surface area contributed by atoms with Crippen molar-refractivity contribution in [3.05, 3.63) is 0 Å². The molecule has 3 fully saturated rings. The van der Waals surface area contributed by atoms with Crippen molar-refractivity contribution in [3.63, 3.8) is 0 Å². The summed E-state index contributed by atoms with van der Waals surface area (Å²) in [4.78, 5) is 24.0. The first-order chi connectivity index (χ1) is 10.8. The zero-order chi connectivity index (χ0) is 16.9. The van der Waals surface area contributed by atoms with Crippen molar-refractivity contribution < 1.29 is 23.8 Å². The molecule has 128 valence electrons. The van der Waals surface area contributed by atoms with Gasteiger partial charge in [-0.1, -0.05) is 13.8 Å². The maximum Gasteiger partial charge on any atom is 0.344 e. The molecular formula is C17H25NO5. The second-order valence-corrected chi connectivity index (χ2v) is 7.66. The number of ether oxygens (including phenoxy) is 3. The molecule has 1 N–H and O–H groups in total. The molecular weight excluding hydrogens is 298 g/mol. The van der Waals surface area contributed by atoms with Crippen molar-refractivity contribution in [1.82, 2.24) is 0 Å². The highest BCUT2D eigenvalue weighted by Gasteiger charge is 2.65. The van der Waals surface area contributed by atoms with Crippen LogP contribution in [0.5, 0.6) is 0 Å². The van der Waals surface area contributed by atoms with E-state index in [-0.39, 0.29) is 36.6 Å². The molecule has 0 spiro atoms. The summed E-state index contributed by atoms with van der Waals surface area (Å²) < 4.78 is 16.3. The fraction of sp³-hybridized carbons (Fsp3) is 0.824. The van der Waals surface area contributed by atoms with Crippen LogP contribution in [0.4, 0.5) is 0 Å². The van der Waals surface area contributed by atoms with Gasteiger partial charge in [0.05, 0.1) is 5.41 Å². The molecule has 0 aromatic carbocycles. The van der Waals surface area contributed by atoms with Crippen molar-refractivity contribution >= 4 is 17.8 Å². The van der Waals surface area contributed by atoms with Gasteiger partial charge in [0.2, 0.25) is 0 Å². The normalized spacial score (nSPS) is 37.7. The molecule has 0 aromatic rings. The molecule has 1 heterocycles. The Hall–Kier alpha value is -1.59. The molecule has 0 radical (unpaired) electrons. The summed E-state index contributed by atoms with van der Waals surface area (Å²) in [6.45, 7) is 7.26. The highest BCUT2D eigenvalue weighted by molar-refractivity contribution is 5.81. The molecule has 6 nitrogen and oxygen atoms in total. The molecule has 3 aliphatic rings. The fourth-order valence-corrected chi connectivity index (χ4v) is 4.21. The van der Waals surface area contributed by atoms with E-state index in [1.54, 1.807) is 13.8 Å². The van der Waals surface area contributed by atoms with E-state index < -0.39 is 17.4 Å². The summed E-state index contributed by atoms with van der Waals surface area (Å²) in [6.07, 6.45) is 0.971.